The molecule has 1 saturated heterocycles. The first-order valence-electron chi connectivity index (χ1n) is 6.63. The van der Waals surface area contributed by atoms with E-state index in [0.29, 0.717) is 18.5 Å². The molecule has 0 aromatic carbocycles. The zero-order valence-electron chi connectivity index (χ0n) is 12.0. The summed E-state index contributed by atoms with van der Waals surface area (Å²) >= 11 is 0. The summed E-state index contributed by atoms with van der Waals surface area (Å²) in [6.45, 7) is 10.7. The molecule has 2 atom stereocenters. The SMILES string of the molecule is CCC(C)(C)NC(=O)CN1CCC(N)C(C)C1.Cl. The van der Waals surface area contributed by atoms with Crippen molar-refractivity contribution in [3.05, 3.63) is 0 Å². The lowest BCUT2D eigenvalue weighted by atomic mass is 9.95. The lowest BCUT2D eigenvalue weighted by Crippen LogP contribution is -2.51. The van der Waals surface area contributed by atoms with Crippen molar-refractivity contribution in [1.29, 1.82) is 0 Å². The smallest absolute Gasteiger partial charge is 0.234 e. The molecule has 5 heteroatoms. The Morgan fingerprint density at radius 2 is 2.11 bits per heavy atom. The molecule has 0 spiro atoms. The molecule has 1 aliphatic heterocycles. The Morgan fingerprint density at radius 1 is 1.50 bits per heavy atom. The quantitative estimate of drug-likeness (QED) is 0.816. The van der Waals surface area contributed by atoms with E-state index in [4.69, 9.17) is 5.73 Å². The maximum absolute atomic E-state index is 11.9. The third-order valence-electron chi connectivity index (χ3n) is 3.78. The number of hydrogen-bond acceptors (Lipinski definition) is 3. The molecule has 0 bridgehead atoms. The van der Waals surface area contributed by atoms with Crippen LogP contribution in [0.5, 0.6) is 0 Å². The van der Waals surface area contributed by atoms with Crippen LogP contribution in [0.25, 0.3) is 0 Å². The third kappa shape index (κ3) is 5.55. The van der Waals surface area contributed by atoms with Crippen LogP contribution in [0.3, 0.4) is 0 Å². The highest BCUT2D eigenvalue weighted by Crippen LogP contribution is 2.14. The fraction of sp³-hybridized carbons (Fsp3) is 0.923. The molecule has 0 aliphatic carbocycles. The number of nitrogens with two attached hydrogens (primary N) is 1. The van der Waals surface area contributed by atoms with Crippen LogP contribution >= 0.6 is 12.4 Å². The standard InChI is InChI=1S/C13H27N3O.ClH/c1-5-13(3,4)15-12(17)9-16-7-6-11(14)10(2)8-16;/h10-11H,5-9,14H2,1-4H3,(H,15,17);1H. The fourth-order valence-corrected chi connectivity index (χ4v) is 2.10. The van der Waals surface area contributed by atoms with Crippen LogP contribution in [-0.2, 0) is 4.79 Å². The highest BCUT2D eigenvalue weighted by Gasteiger charge is 2.25. The molecule has 4 nitrogen and oxygen atoms in total. The van der Waals surface area contributed by atoms with Crippen LogP contribution in [0.15, 0.2) is 0 Å². The first-order chi connectivity index (χ1) is 7.84. The zero-order valence-corrected chi connectivity index (χ0v) is 12.8. The van der Waals surface area contributed by atoms with E-state index < -0.39 is 0 Å². The number of nitrogens with one attached hydrogen (secondary N) is 1. The number of carbonyl (C=O) groups excluding carboxylic acids is 1. The molecular formula is C13H28ClN3O. The van der Waals surface area contributed by atoms with Gasteiger partial charge in [-0.2, -0.15) is 0 Å². The fourth-order valence-electron chi connectivity index (χ4n) is 2.10. The Morgan fingerprint density at radius 3 is 2.61 bits per heavy atom. The van der Waals surface area contributed by atoms with Crippen LogP contribution < -0.4 is 11.1 Å². The molecular weight excluding hydrogens is 250 g/mol. The van der Waals surface area contributed by atoms with Gasteiger partial charge in [-0.05, 0) is 32.6 Å². The Balaban J connectivity index is 0.00000289. The summed E-state index contributed by atoms with van der Waals surface area (Å²) in [5.74, 6) is 0.607. The average molecular weight is 278 g/mol. The number of nitrogens with zero attached hydrogens (tertiary/aromatic N) is 1. The predicted octanol–water partition coefficient (Wildman–Crippen LogP) is 1.38. The van der Waals surface area contributed by atoms with Gasteiger partial charge in [0.2, 0.25) is 5.91 Å². The van der Waals surface area contributed by atoms with Gasteiger partial charge in [0, 0.05) is 24.7 Å². The molecule has 108 valence electrons. The van der Waals surface area contributed by atoms with Gasteiger partial charge >= 0.3 is 0 Å². The minimum absolute atomic E-state index is 0. The maximum Gasteiger partial charge on any atom is 0.234 e. The Labute approximate surface area is 117 Å². The van der Waals surface area contributed by atoms with Gasteiger partial charge in [0.1, 0.15) is 0 Å². The Hall–Kier alpha value is -0.320. The Bertz CT molecular complexity index is 271. The number of carbonyl (C=O) groups is 1. The lowest BCUT2D eigenvalue weighted by molar-refractivity contribution is -0.124. The van der Waals surface area contributed by atoms with Crippen LogP contribution in [0.4, 0.5) is 0 Å². The van der Waals surface area contributed by atoms with Crippen molar-refractivity contribution in [2.24, 2.45) is 11.7 Å². The van der Waals surface area contributed by atoms with Crippen molar-refractivity contribution >= 4 is 18.3 Å². The number of rotatable bonds is 4. The summed E-state index contributed by atoms with van der Waals surface area (Å²) in [5, 5.41) is 3.07. The monoisotopic (exact) mass is 277 g/mol. The van der Waals surface area contributed by atoms with Crippen LogP contribution in [0, 0.1) is 5.92 Å². The van der Waals surface area contributed by atoms with E-state index in [1.807, 2.05) is 0 Å². The normalized spacial score (nSPS) is 25.4. The second kappa shape index (κ2) is 7.31. The molecule has 1 rings (SSSR count). The first-order valence-corrected chi connectivity index (χ1v) is 6.63. The zero-order chi connectivity index (χ0) is 13.1. The van der Waals surface area contributed by atoms with Gasteiger partial charge in [0.15, 0.2) is 0 Å². The Kier molecular flexibility index (Phi) is 7.18. The highest BCUT2D eigenvalue weighted by atomic mass is 35.5. The van der Waals surface area contributed by atoms with Gasteiger partial charge < -0.3 is 11.1 Å². The van der Waals surface area contributed by atoms with Crippen molar-refractivity contribution in [3.63, 3.8) is 0 Å². The van der Waals surface area contributed by atoms with Crippen molar-refractivity contribution < 1.29 is 4.79 Å². The van der Waals surface area contributed by atoms with Crippen molar-refractivity contribution in [2.45, 2.75) is 52.1 Å². The van der Waals surface area contributed by atoms with Gasteiger partial charge in [0.05, 0.1) is 6.54 Å². The van der Waals surface area contributed by atoms with E-state index >= 15 is 0 Å². The van der Waals surface area contributed by atoms with E-state index in [2.05, 4.69) is 37.9 Å². The summed E-state index contributed by atoms with van der Waals surface area (Å²) in [6.07, 6.45) is 1.94. The number of likely N-dealkylation sites (tertiary alicyclic amines) is 1. The number of piperidine rings is 1. The predicted molar refractivity (Wildman–Crippen MR) is 78.0 cm³/mol. The summed E-state index contributed by atoms with van der Waals surface area (Å²) in [7, 11) is 0. The number of amides is 1. The lowest BCUT2D eigenvalue weighted by Gasteiger charge is -2.35. The van der Waals surface area contributed by atoms with Gasteiger partial charge in [-0.15, -0.1) is 12.4 Å². The first kappa shape index (κ1) is 17.7. The second-order valence-corrected chi connectivity index (χ2v) is 5.95. The molecule has 1 heterocycles. The molecule has 1 amide bonds. The highest BCUT2D eigenvalue weighted by molar-refractivity contribution is 5.85. The number of hydrogen-bond donors (Lipinski definition) is 2. The van der Waals surface area contributed by atoms with E-state index in [-0.39, 0.29) is 23.9 Å². The van der Waals surface area contributed by atoms with Crippen LogP contribution in [0.2, 0.25) is 0 Å². The molecule has 18 heavy (non-hydrogen) atoms. The molecule has 0 aromatic heterocycles. The third-order valence-corrected chi connectivity index (χ3v) is 3.78. The molecule has 2 unspecified atom stereocenters. The average Bonchev–Trinajstić information content (AvgIpc) is 2.23. The van der Waals surface area contributed by atoms with Crippen LogP contribution in [-0.4, -0.2) is 42.0 Å². The molecule has 0 aromatic rings. The molecule has 0 saturated carbocycles. The van der Waals surface area contributed by atoms with Crippen molar-refractivity contribution in [3.8, 4) is 0 Å². The van der Waals surface area contributed by atoms with Crippen LogP contribution in [0.1, 0.15) is 40.5 Å². The molecule has 1 fully saturated rings. The minimum Gasteiger partial charge on any atom is -0.350 e. The van der Waals surface area contributed by atoms with E-state index in [9.17, 15) is 4.79 Å². The van der Waals surface area contributed by atoms with E-state index in [0.717, 1.165) is 25.9 Å². The summed E-state index contributed by atoms with van der Waals surface area (Å²) < 4.78 is 0. The molecule has 0 radical (unpaired) electrons. The summed E-state index contributed by atoms with van der Waals surface area (Å²) in [6, 6.07) is 0.293. The largest absolute Gasteiger partial charge is 0.350 e. The molecule has 3 N–H and O–H groups in total. The van der Waals surface area contributed by atoms with Crippen molar-refractivity contribution in [1.82, 2.24) is 10.2 Å². The van der Waals surface area contributed by atoms with Gasteiger partial charge in [-0.3, -0.25) is 9.69 Å². The van der Waals surface area contributed by atoms with Gasteiger partial charge in [0.25, 0.3) is 0 Å². The van der Waals surface area contributed by atoms with E-state index in [1.165, 1.54) is 0 Å². The van der Waals surface area contributed by atoms with E-state index in [1.54, 1.807) is 0 Å². The second-order valence-electron chi connectivity index (χ2n) is 5.95. The number of halogens is 1. The van der Waals surface area contributed by atoms with Gasteiger partial charge in [-0.25, -0.2) is 0 Å². The topological polar surface area (TPSA) is 58.4 Å². The minimum atomic E-state index is -0.102. The summed E-state index contributed by atoms with van der Waals surface area (Å²) in [5.41, 5.74) is 5.87. The molecule has 1 aliphatic rings. The summed E-state index contributed by atoms with van der Waals surface area (Å²) in [4.78, 5) is 14.1. The van der Waals surface area contributed by atoms with Gasteiger partial charge in [-0.1, -0.05) is 13.8 Å². The maximum atomic E-state index is 11.9. The van der Waals surface area contributed by atoms with Crippen molar-refractivity contribution in [2.75, 3.05) is 19.6 Å².